The molecular formula is C24H42O18. The quantitative estimate of drug-likeness (QED) is 0.126. The first-order valence-corrected chi connectivity index (χ1v) is 13.7. The van der Waals surface area contributed by atoms with Gasteiger partial charge in [0.25, 0.3) is 0 Å². The monoisotopic (exact) mass is 618 g/mol. The highest BCUT2D eigenvalue weighted by atomic mass is 16.8. The topological polar surface area (TPSA) is 287 Å². The van der Waals surface area contributed by atoms with Crippen LogP contribution in [0.5, 0.6) is 0 Å². The van der Waals surface area contributed by atoms with E-state index in [0.717, 1.165) is 0 Å². The highest BCUT2D eigenvalue weighted by Gasteiger charge is 2.52. The Kier molecular flexibility index (Phi) is 11.2. The van der Waals surface area contributed by atoms with Crippen molar-refractivity contribution in [1.29, 1.82) is 0 Å². The molecule has 0 saturated carbocycles. The van der Waals surface area contributed by atoms with Gasteiger partial charge >= 0.3 is 0 Å². The average Bonchev–Trinajstić information content (AvgIpc) is 2.95. The van der Waals surface area contributed by atoms with E-state index < -0.39 is 129 Å². The molecule has 4 aliphatic rings. The Morgan fingerprint density at radius 2 is 0.857 bits per heavy atom. The van der Waals surface area contributed by atoms with Crippen LogP contribution in [0.3, 0.4) is 0 Å². The maximum Gasteiger partial charge on any atom is 0.187 e. The van der Waals surface area contributed by atoms with E-state index in [9.17, 15) is 56.2 Å². The fraction of sp³-hybridized carbons (Fsp3) is 1.00. The highest BCUT2D eigenvalue weighted by molar-refractivity contribution is 4.95. The van der Waals surface area contributed by atoms with E-state index in [1.165, 1.54) is 20.8 Å². The van der Waals surface area contributed by atoms with E-state index in [2.05, 4.69) is 0 Å². The van der Waals surface area contributed by atoms with Crippen LogP contribution in [0.15, 0.2) is 0 Å². The van der Waals surface area contributed by atoms with Gasteiger partial charge in [0.15, 0.2) is 25.2 Å². The van der Waals surface area contributed by atoms with Crippen LogP contribution >= 0.6 is 0 Å². The highest BCUT2D eigenvalue weighted by Crippen LogP contribution is 2.32. The normalized spacial score (nSPS) is 55.9. The second-order valence-corrected chi connectivity index (χ2v) is 11.1. The first-order valence-electron chi connectivity index (χ1n) is 13.7. The standard InChI is InChI=1S/C24H42O18/c1-5-9(25)12(28)16(32)22(37-5)36-4-8-11(27)14(30)20(21(35)40-8)42-24-18(34)15(31)19(7(3)39-24)41-23-17(33)13(29)10(26)6(2)38-23/h5-35H,4H2,1-3H3/t5-,6-,7-,8+,9-,10-,11+,12+,13+,14-,15-,16+,17+,18+,19-,20+,21?,22+,23-,24-/m0/s1. The molecule has 4 fully saturated rings. The molecule has 0 amide bonds. The Morgan fingerprint density at radius 1 is 0.429 bits per heavy atom. The van der Waals surface area contributed by atoms with E-state index in [1.54, 1.807) is 0 Å². The maximum absolute atomic E-state index is 10.7. The molecule has 18 nitrogen and oxygen atoms in total. The Balaban J connectivity index is 1.33. The van der Waals surface area contributed by atoms with Crippen LogP contribution in [0, 0.1) is 0 Å². The zero-order chi connectivity index (χ0) is 31.2. The number of aliphatic hydroxyl groups excluding tert-OH is 11. The third-order valence-electron chi connectivity index (χ3n) is 8.06. The number of hydrogen-bond acceptors (Lipinski definition) is 18. The molecule has 1 unspecified atom stereocenters. The Morgan fingerprint density at radius 3 is 1.43 bits per heavy atom. The molecule has 11 N–H and O–H groups in total. The number of hydrogen-bond donors (Lipinski definition) is 11. The van der Waals surface area contributed by atoms with Crippen molar-refractivity contribution in [2.75, 3.05) is 6.61 Å². The predicted molar refractivity (Wildman–Crippen MR) is 130 cm³/mol. The molecule has 4 aliphatic heterocycles. The molecule has 0 aromatic heterocycles. The van der Waals surface area contributed by atoms with Gasteiger partial charge in [-0.25, -0.2) is 0 Å². The van der Waals surface area contributed by atoms with Crippen LogP contribution in [-0.2, 0) is 33.2 Å². The fourth-order valence-corrected chi connectivity index (χ4v) is 5.29. The van der Waals surface area contributed by atoms with E-state index in [0.29, 0.717) is 0 Å². The summed E-state index contributed by atoms with van der Waals surface area (Å²) >= 11 is 0. The Labute approximate surface area is 240 Å². The SMILES string of the molecule is C[C@@H]1O[C@@H](OC[C@H]2OC(O)[C@H](O[C@@H]3O[C@@H](C)[C@H](O[C@@H]4O[C@@H](C)[C@H](O)[C@@H](O)[C@H]4O)[C@@H](O)[C@H]3O)[C@@H](O)[C@@H]2O)[C@H](O)[C@H](O)[C@H]1O. The van der Waals surface area contributed by atoms with Crippen LogP contribution in [0.2, 0.25) is 0 Å². The van der Waals surface area contributed by atoms with E-state index in [4.69, 9.17) is 33.2 Å². The molecule has 4 heterocycles. The summed E-state index contributed by atoms with van der Waals surface area (Å²) < 4.78 is 38.0. The summed E-state index contributed by atoms with van der Waals surface area (Å²) in [4.78, 5) is 0. The Hall–Kier alpha value is -0.720. The van der Waals surface area contributed by atoms with E-state index in [1.807, 2.05) is 0 Å². The van der Waals surface area contributed by atoms with Crippen molar-refractivity contribution in [2.24, 2.45) is 0 Å². The Bertz CT molecular complexity index is 869. The lowest BCUT2D eigenvalue weighted by Crippen LogP contribution is -2.65. The molecule has 18 heteroatoms. The van der Waals surface area contributed by atoms with Gasteiger partial charge in [-0.2, -0.15) is 0 Å². The summed E-state index contributed by atoms with van der Waals surface area (Å²) in [5.41, 5.74) is 0. The number of aliphatic hydroxyl groups is 11. The fourth-order valence-electron chi connectivity index (χ4n) is 5.29. The smallest absolute Gasteiger partial charge is 0.187 e. The molecule has 0 aliphatic carbocycles. The summed E-state index contributed by atoms with van der Waals surface area (Å²) in [6.45, 7) is 3.76. The molecule has 20 atom stereocenters. The minimum absolute atomic E-state index is 0.532. The molecule has 4 rings (SSSR count). The van der Waals surface area contributed by atoms with Crippen LogP contribution in [0.4, 0.5) is 0 Å². The number of rotatable bonds is 7. The molecular weight excluding hydrogens is 576 g/mol. The van der Waals surface area contributed by atoms with Gasteiger partial charge in [-0.3, -0.25) is 0 Å². The average molecular weight is 619 g/mol. The van der Waals surface area contributed by atoms with Gasteiger partial charge in [0.1, 0.15) is 79.4 Å². The van der Waals surface area contributed by atoms with Crippen LogP contribution in [0.1, 0.15) is 20.8 Å². The van der Waals surface area contributed by atoms with Gasteiger partial charge in [0.2, 0.25) is 0 Å². The molecule has 0 aromatic rings. The summed E-state index contributed by atoms with van der Waals surface area (Å²) in [6.07, 6.45) is -30.1. The maximum atomic E-state index is 10.7. The lowest BCUT2D eigenvalue weighted by atomic mass is 9.96. The lowest BCUT2D eigenvalue weighted by molar-refractivity contribution is -0.379. The van der Waals surface area contributed by atoms with Crippen molar-refractivity contribution in [1.82, 2.24) is 0 Å². The van der Waals surface area contributed by atoms with Crippen LogP contribution < -0.4 is 0 Å². The van der Waals surface area contributed by atoms with Crippen molar-refractivity contribution >= 4 is 0 Å². The molecule has 4 saturated heterocycles. The van der Waals surface area contributed by atoms with Crippen molar-refractivity contribution in [3.8, 4) is 0 Å². The van der Waals surface area contributed by atoms with Gasteiger partial charge in [-0.1, -0.05) is 0 Å². The zero-order valence-electron chi connectivity index (χ0n) is 23.0. The van der Waals surface area contributed by atoms with Crippen molar-refractivity contribution < 1.29 is 89.3 Å². The van der Waals surface area contributed by atoms with Gasteiger partial charge in [0.05, 0.1) is 24.9 Å². The van der Waals surface area contributed by atoms with Crippen molar-refractivity contribution in [2.45, 2.75) is 144 Å². The summed E-state index contributed by atoms with van der Waals surface area (Å²) in [5.74, 6) is 0. The lowest BCUT2D eigenvalue weighted by Gasteiger charge is -2.47. The van der Waals surface area contributed by atoms with Crippen molar-refractivity contribution in [3.05, 3.63) is 0 Å². The van der Waals surface area contributed by atoms with E-state index >= 15 is 0 Å². The van der Waals surface area contributed by atoms with Crippen LogP contribution in [0.25, 0.3) is 0 Å². The third-order valence-corrected chi connectivity index (χ3v) is 8.06. The molecule has 0 spiro atoms. The van der Waals surface area contributed by atoms with Gasteiger partial charge in [0, 0.05) is 0 Å². The van der Waals surface area contributed by atoms with E-state index in [-0.39, 0.29) is 0 Å². The molecule has 0 radical (unpaired) electrons. The summed E-state index contributed by atoms with van der Waals surface area (Å²) in [7, 11) is 0. The van der Waals surface area contributed by atoms with Gasteiger partial charge in [-0.05, 0) is 20.8 Å². The van der Waals surface area contributed by atoms with Crippen molar-refractivity contribution in [3.63, 3.8) is 0 Å². The predicted octanol–water partition coefficient (Wildman–Crippen LogP) is -6.67. The van der Waals surface area contributed by atoms with Gasteiger partial charge < -0.3 is 89.3 Å². The summed E-state index contributed by atoms with van der Waals surface area (Å²) in [6, 6.07) is 0. The third kappa shape index (κ3) is 6.76. The molecule has 246 valence electrons. The second-order valence-electron chi connectivity index (χ2n) is 11.1. The first-order chi connectivity index (χ1) is 19.6. The zero-order valence-corrected chi connectivity index (χ0v) is 23.0. The molecule has 0 bridgehead atoms. The molecule has 42 heavy (non-hydrogen) atoms. The first kappa shape index (κ1) is 34.2. The number of ether oxygens (including phenoxy) is 7. The minimum Gasteiger partial charge on any atom is -0.388 e. The van der Waals surface area contributed by atoms with Gasteiger partial charge in [-0.15, -0.1) is 0 Å². The summed E-state index contributed by atoms with van der Waals surface area (Å²) in [5, 5.41) is 113. The largest absolute Gasteiger partial charge is 0.388 e. The molecule has 0 aromatic carbocycles. The second kappa shape index (κ2) is 13.7. The minimum atomic E-state index is -1.90. The van der Waals surface area contributed by atoms with Crippen LogP contribution in [-0.4, -0.2) is 186 Å².